The van der Waals surface area contributed by atoms with E-state index in [2.05, 4.69) is 9.97 Å². The van der Waals surface area contributed by atoms with Gasteiger partial charge in [-0.2, -0.15) is 4.98 Å². The highest BCUT2D eigenvalue weighted by molar-refractivity contribution is 5.68. The number of amides is 1. The third-order valence-electron chi connectivity index (χ3n) is 2.96. The summed E-state index contributed by atoms with van der Waals surface area (Å²) in [6.45, 7) is 6.69. The van der Waals surface area contributed by atoms with Crippen molar-refractivity contribution >= 4 is 11.9 Å². The van der Waals surface area contributed by atoms with Gasteiger partial charge in [-0.1, -0.05) is 0 Å². The quantitative estimate of drug-likeness (QED) is 0.895. The standard InChI is InChI=1S/C14H22N4O3/c1-14(2,3)21-13(19)18-8-4-5-10(9-18)20-12-16-7-6-11(15)17-12/h6-7,10H,4-5,8-9H2,1-3H3,(H2,15,16,17). The van der Waals surface area contributed by atoms with E-state index in [0.717, 1.165) is 12.8 Å². The second kappa shape index (κ2) is 6.15. The number of likely N-dealkylation sites (tertiary alicyclic amines) is 1. The van der Waals surface area contributed by atoms with Gasteiger partial charge in [0.05, 0.1) is 6.54 Å². The van der Waals surface area contributed by atoms with E-state index in [1.807, 2.05) is 20.8 Å². The maximum Gasteiger partial charge on any atom is 0.410 e. The van der Waals surface area contributed by atoms with Gasteiger partial charge >= 0.3 is 12.1 Å². The van der Waals surface area contributed by atoms with E-state index >= 15 is 0 Å². The molecule has 1 atom stereocenters. The minimum absolute atomic E-state index is 0.145. The van der Waals surface area contributed by atoms with Crippen molar-refractivity contribution in [1.82, 2.24) is 14.9 Å². The van der Waals surface area contributed by atoms with E-state index in [9.17, 15) is 4.79 Å². The third kappa shape index (κ3) is 4.77. The van der Waals surface area contributed by atoms with E-state index in [-0.39, 0.29) is 18.2 Å². The predicted molar refractivity (Wildman–Crippen MR) is 77.9 cm³/mol. The first-order valence-corrected chi connectivity index (χ1v) is 7.06. The van der Waals surface area contributed by atoms with E-state index < -0.39 is 5.60 Å². The normalized spacial score (nSPS) is 19.2. The second-order valence-electron chi connectivity index (χ2n) is 6.07. The molecule has 2 heterocycles. The van der Waals surface area contributed by atoms with Crippen molar-refractivity contribution in [3.8, 4) is 6.01 Å². The second-order valence-corrected chi connectivity index (χ2v) is 6.07. The summed E-state index contributed by atoms with van der Waals surface area (Å²) in [7, 11) is 0. The largest absolute Gasteiger partial charge is 0.458 e. The zero-order valence-corrected chi connectivity index (χ0v) is 12.7. The Labute approximate surface area is 124 Å². The van der Waals surface area contributed by atoms with Crippen molar-refractivity contribution in [2.75, 3.05) is 18.8 Å². The van der Waals surface area contributed by atoms with Crippen LogP contribution in [0.4, 0.5) is 10.6 Å². The minimum Gasteiger partial charge on any atom is -0.458 e. The molecule has 1 saturated heterocycles. The summed E-state index contributed by atoms with van der Waals surface area (Å²) >= 11 is 0. The average Bonchev–Trinajstić information content (AvgIpc) is 2.37. The summed E-state index contributed by atoms with van der Waals surface area (Å²) in [4.78, 5) is 21.7. The molecule has 0 bridgehead atoms. The Hall–Kier alpha value is -2.05. The number of hydrogen-bond acceptors (Lipinski definition) is 6. The van der Waals surface area contributed by atoms with Crippen LogP contribution in [0.3, 0.4) is 0 Å². The number of carbonyl (C=O) groups is 1. The van der Waals surface area contributed by atoms with Gasteiger partial charge in [0.15, 0.2) is 0 Å². The van der Waals surface area contributed by atoms with E-state index in [1.165, 1.54) is 0 Å². The molecule has 0 spiro atoms. The maximum absolute atomic E-state index is 12.1. The summed E-state index contributed by atoms with van der Waals surface area (Å²) in [5, 5.41) is 0. The number of nitrogens with zero attached hydrogens (tertiary/aromatic N) is 3. The predicted octanol–water partition coefficient (Wildman–Crippen LogP) is 1.84. The summed E-state index contributed by atoms with van der Waals surface area (Å²) in [5.41, 5.74) is 5.09. The molecule has 0 aliphatic carbocycles. The molecule has 2 rings (SSSR count). The van der Waals surface area contributed by atoms with E-state index in [4.69, 9.17) is 15.2 Å². The number of anilines is 1. The highest BCUT2D eigenvalue weighted by atomic mass is 16.6. The number of nitrogens with two attached hydrogens (primary N) is 1. The fraction of sp³-hybridized carbons (Fsp3) is 0.643. The van der Waals surface area contributed by atoms with Gasteiger partial charge in [-0.25, -0.2) is 9.78 Å². The number of hydrogen-bond donors (Lipinski definition) is 1. The Balaban J connectivity index is 1.93. The molecular weight excluding hydrogens is 272 g/mol. The Morgan fingerprint density at radius 1 is 1.48 bits per heavy atom. The molecule has 1 amide bonds. The molecule has 7 nitrogen and oxygen atoms in total. The van der Waals surface area contributed by atoms with Gasteiger partial charge in [0.25, 0.3) is 0 Å². The molecule has 1 unspecified atom stereocenters. The molecule has 21 heavy (non-hydrogen) atoms. The van der Waals surface area contributed by atoms with Crippen LogP contribution >= 0.6 is 0 Å². The van der Waals surface area contributed by atoms with Crippen LogP contribution in [-0.2, 0) is 4.74 Å². The van der Waals surface area contributed by atoms with Crippen molar-refractivity contribution in [2.45, 2.75) is 45.3 Å². The van der Waals surface area contributed by atoms with Gasteiger partial charge in [-0.15, -0.1) is 0 Å². The number of carbonyl (C=O) groups excluding carboxylic acids is 1. The van der Waals surface area contributed by atoms with Crippen LogP contribution < -0.4 is 10.5 Å². The fourth-order valence-electron chi connectivity index (χ4n) is 2.09. The van der Waals surface area contributed by atoms with Crippen LogP contribution in [0, 0.1) is 0 Å². The highest BCUT2D eigenvalue weighted by Crippen LogP contribution is 2.18. The Kier molecular flexibility index (Phi) is 4.50. The molecule has 1 fully saturated rings. The van der Waals surface area contributed by atoms with Crippen LogP contribution in [0.5, 0.6) is 6.01 Å². The average molecular weight is 294 g/mol. The van der Waals surface area contributed by atoms with Gasteiger partial charge in [0.2, 0.25) is 0 Å². The molecule has 1 aliphatic heterocycles. The Morgan fingerprint density at radius 3 is 2.90 bits per heavy atom. The SMILES string of the molecule is CC(C)(C)OC(=O)N1CCCC(Oc2nccc(N)n2)C1. The Morgan fingerprint density at radius 2 is 2.24 bits per heavy atom. The molecule has 0 aromatic carbocycles. The summed E-state index contributed by atoms with van der Waals surface area (Å²) in [6.07, 6.45) is 2.79. The van der Waals surface area contributed by atoms with Crippen LogP contribution in [0.25, 0.3) is 0 Å². The van der Waals surface area contributed by atoms with Crippen LogP contribution in [-0.4, -0.2) is 45.8 Å². The van der Waals surface area contributed by atoms with Crippen molar-refractivity contribution in [2.24, 2.45) is 0 Å². The highest BCUT2D eigenvalue weighted by Gasteiger charge is 2.28. The fourth-order valence-corrected chi connectivity index (χ4v) is 2.09. The van der Waals surface area contributed by atoms with Crippen molar-refractivity contribution < 1.29 is 14.3 Å². The summed E-state index contributed by atoms with van der Waals surface area (Å²) in [5.74, 6) is 0.361. The third-order valence-corrected chi connectivity index (χ3v) is 2.96. The van der Waals surface area contributed by atoms with Crippen molar-refractivity contribution in [1.29, 1.82) is 0 Å². The molecular formula is C14H22N4O3. The van der Waals surface area contributed by atoms with Crippen LogP contribution in [0.2, 0.25) is 0 Å². The zero-order valence-electron chi connectivity index (χ0n) is 12.7. The molecule has 0 saturated carbocycles. The molecule has 0 radical (unpaired) electrons. The molecule has 1 aliphatic rings. The monoisotopic (exact) mass is 294 g/mol. The van der Waals surface area contributed by atoms with Gasteiger partial charge < -0.3 is 20.1 Å². The van der Waals surface area contributed by atoms with Crippen LogP contribution in [0.1, 0.15) is 33.6 Å². The number of piperidine rings is 1. The molecule has 7 heteroatoms. The molecule has 1 aromatic rings. The van der Waals surface area contributed by atoms with Crippen molar-refractivity contribution in [3.63, 3.8) is 0 Å². The maximum atomic E-state index is 12.1. The Bertz CT molecular complexity index is 501. The topological polar surface area (TPSA) is 90.6 Å². The molecule has 1 aromatic heterocycles. The first-order chi connectivity index (χ1) is 9.83. The zero-order chi connectivity index (χ0) is 15.5. The minimum atomic E-state index is -0.498. The van der Waals surface area contributed by atoms with Gasteiger partial charge in [-0.3, -0.25) is 0 Å². The lowest BCUT2D eigenvalue weighted by Gasteiger charge is -2.33. The smallest absolute Gasteiger partial charge is 0.410 e. The van der Waals surface area contributed by atoms with Gasteiger partial charge in [-0.05, 0) is 39.7 Å². The number of rotatable bonds is 2. The molecule has 2 N–H and O–H groups in total. The van der Waals surface area contributed by atoms with E-state index in [1.54, 1.807) is 17.2 Å². The lowest BCUT2D eigenvalue weighted by Crippen LogP contribution is -2.46. The van der Waals surface area contributed by atoms with Gasteiger partial charge in [0, 0.05) is 12.7 Å². The lowest BCUT2D eigenvalue weighted by atomic mass is 10.1. The molecule has 116 valence electrons. The number of aromatic nitrogens is 2. The summed E-state index contributed by atoms with van der Waals surface area (Å²) in [6, 6.07) is 1.84. The van der Waals surface area contributed by atoms with Gasteiger partial charge in [0.1, 0.15) is 17.5 Å². The lowest BCUT2D eigenvalue weighted by molar-refractivity contribution is 0.00662. The number of ether oxygens (including phenoxy) is 2. The summed E-state index contributed by atoms with van der Waals surface area (Å²) < 4.78 is 11.1. The van der Waals surface area contributed by atoms with E-state index in [0.29, 0.717) is 18.9 Å². The van der Waals surface area contributed by atoms with Crippen molar-refractivity contribution in [3.05, 3.63) is 12.3 Å². The first-order valence-electron chi connectivity index (χ1n) is 7.06. The first kappa shape index (κ1) is 15.3. The number of nitrogen functional groups attached to an aromatic ring is 1. The van der Waals surface area contributed by atoms with Crippen LogP contribution in [0.15, 0.2) is 12.3 Å².